The Balaban J connectivity index is -0.0000000457. The van der Waals surface area contributed by atoms with Gasteiger partial charge in [0.25, 0.3) is 0 Å². The molecule has 0 spiro atoms. The molecule has 12 heteroatoms. The molecule has 0 aromatic rings. The topological polar surface area (TPSA) is 159 Å². The first kappa shape index (κ1) is 23.5. The normalized spacial score (nSPS) is 9.92. The molecule has 8 nitrogen and oxygen atoms in total. The van der Waals surface area contributed by atoms with Crippen LogP contribution in [0.25, 0.3) is 0 Å². The van der Waals surface area contributed by atoms with Crippen molar-refractivity contribution in [1.82, 2.24) is 0 Å². The van der Waals surface area contributed by atoms with Gasteiger partial charge in [0.15, 0.2) is 0 Å². The summed E-state index contributed by atoms with van der Waals surface area (Å²) in [6.45, 7) is 0. The van der Waals surface area contributed by atoms with Crippen molar-refractivity contribution in [3.05, 3.63) is 0 Å². The Labute approximate surface area is 103 Å². The van der Waals surface area contributed by atoms with Crippen molar-refractivity contribution in [3.63, 3.8) is 0 Å². The Bertz CT molecular complexity index is 111. The number of phosphoric acid groups is 1. The molecule has 0 aliphatic carbocycles. The molecule has 0 saturated heterocycles. The predicted molar refractivity (Wildman–Crippen MR) is 28.9 cm³/mol. The molecular formula is H7AgO8PSiZr. The average molecular weight is 393 g/mol. The minimum Gasteiger partial charge on any atom is -0.368 e. The first-order valence-corrected chi connectivity index (χ1v) is 5.03. The van der Waals surface area contributed by atoms with Crippen LogP contribution in [0.1, 0.15) is 0 Å². The first-order chi connectivity index (χ1) is 4.00. The van der Waals surface area contributed by atoms with Gasteiger partial charge >= 0.3 is 16.9 Å². The van der Waals surface area contributed by atoms with Gasteiger partial charge in [0.1, 0.15) is 0 Å². The minimum atomic E-state index is -4.64. The van der Waals surface area contributed by atoms with Crippen molar-refractivity contribution >= 4 is 16.9 Å². The molecule has 0 aliphatic rings. The average Bonchev–Trinajstić information content (AvgIpc) is 1.12. The van der Waals surface area contributed by atoms with Crippen LogP contribution in [0.2, 0.25) is 0 Å². The Morgan fingerprint density at radius 3 is 0.917 bits per heavy atom. The van der Waals surface area contributed by atoms with E-state index in [2.05, 4.69) is 0 Å². The summed E-state index contributed by atoms with van der Waals surface area (Å²) in [6.07, 6.45) is 0. The molecule has 0 rings (SSSR count). The summed E-state index contributed by atoms with van der Waals surface area (Å²) in [6, 6.07) is 0. The monoisotopic (exact) mass is 391 g/mol. The van der Waals surface area contributed by atoms with E-state index in [9.17, 15) is 0 Å². The molecule has 79 valence electrons. The molecule has 1 radical (unpaired) electrons. The van der Waals surface area contributed by atoms with Crippen LogP contribution in [0.4, 0.5) is 0 Å². The van der Waals surface area contributed by atoms with Crippen molar-refractivity contribution in [2.75, 3.05) is 0 Å². The Hall–Kier alpha value is 1.79. The molecule has 0 aromatic carbocycles. The van der Waals surface area contributed by atoms with Crippen LogP contribution in [0.3, 0.4) is 0 Å². The van der Waals surface area contributed by atoms with Crippen LogP contribution < -0.4 is 0 Å². The van der Waals surface area contributed by atoms with Gasteiger partial charge < -0.3 is 33.9 Å². The maximum absolute atomic E-state index is 8.88. The van der Waals surface area contributed by atoms with Crippen molar-refractivity contribution in [2.24, 2.45) is 0 Å². The summed E-state index contributed by atoms with van der Waals surface area (Å²) in [7, 11) is -9.25. The van der Waals surface area contributed by atoms with Gasteiger partial charge in [-0.15, -0.1) is 0 Å². The second-order valence-corrected chi connectivity index (χ2v) is 3.34. The fourth-order valence-electron chi connectivity index (χ4n) is 0. The van der Waals surface area contributed by atoms with Crippen molar-refractivity contribution in [1.29, 1.82) is 0 Å². The standard InChI is InChI=1S/Ag.H3O4P.H4O4Si.Zr/c;2*1-5(2,3)4;/h;(H3,1,2,3,4);1-4H;. The van der Waals surface area contributed by atoms with Gasteiger partial charge in [-0.3, -0.25) is 0 Å². The van der Waals surface area contributed by atoms with E-state index in [0.717, 1.165) is 0 Å². The molecular weight excluding hydrogens is 386 g/mol. The second kappa shape index (κ2) is 9.35. The van der Waals surface area contributed by atoms with Gasteiger partial charge in [0, 0.05) is 48.6 Å². The maximum Gasteiger partial charge on any atom is 0.668 e. The fraction of sp³-hybridized carbons (Fsp3) is 0. The third-order valence-corrected chi connectivity index (χ3v) is 0. The molecule has 0 amide bonds. The second-order valence-electron chi connectivity index (χ2n) is 1.11. The number of hydrogen-bond acceptors (Lipinski definition) is 5. The molecule has 0 aromatic heterocycles. The summed E-state index contributed by atoms with van der Waals surface area (Å²) < 4.78 is 8.88. The molecule has 0 saturated carbocycles. The third-order valence-electron chi connectivity index (χ3n) is 0. The van der Waals surface area contributed by atoms with Crippen LogP contribution in [0, 0.1) is 0 Å². The Morgan fingerprint density at radius 2 is 0.917 bits per heavy atom. The minimum absolute atomic E-state index is 0. The summed E-state index contributed by atoms with van der Waals surface area (Å²) >= 11 is 0. The van der Waals surface area contributed by atoms with Crippen LogP contribution in [0.15, 0.2) is 0 Å². The summed E-state index contributed by atoms with van der Waals surface area (Å²) in [5, 5.41) is 0. The van der Waals surface area contributed by atoms with Crippen molar-refractivity contribution in [3.8, 4) is 0 Å². The van der Waals surface area contributed by atoms with E-state index < -0.39 is 16.9 Å². The zero-order valence-electron chi connectivity index (χ0n) is 5.29. The van der Waals surface area contributed by atoms with E-state index >= 15 is 0 Å². The van der Waals surface area contributed by atoms with E-state index in [4.69, 9.17) is 38.4 Å². The number of hydrogen-bond donors (Lipinski definition) is 7. The van der Waals surface area contributed by atoms with Crippen LogP contribution in [0.5, 0.6) is 0 Å². The molecule has 0 unspecified atom stereocenters. The molecule has 0 heterocycles. The van der Waals surface area contributed by atoms with Crippen LogP contribution in [-0.2, 0) is 53.1 Å². The van der Waals surface area contributed by atoms with E-state index in [0.29, 0.717) is 0 Å². The van der Waals surface area contributed by atoms with Gasteiger partial charge in [0.2, 0.25) is 0 Å². The molecule has 0 atom stereocenters. The molecule has 0 aliphatic heterocycles. The van der Waals surface area contributed by atoms with E-state index in [1.54, 1.807) is 0 Å². The van der Waals surface area contributed by atoms with Crippen LogP contribution >= 0.6 is 7.82 Å². The van der Waals surface area contributed by atoms with Gasteiger partial charge in [-0.1, -0.05) is 0 Å². The SMILES string of the molecule is O=P(O)(O)O.O[Si](O)(O)O.[Ag].[Zr]. The Kier molecular flexibility index (Phi) is 18.3. The van der Waals surface area contributed by atoms with E-state index in [-0.39, 0.29) is 48.6 Å². The van der Waals surface area contributed by atoms with E-state index in [1.165, 1.54) is 0 Å². The van der Waals surface area contributed by atoms with Crippen LogP contribution in [-0.4, -0.2) is 42.9 Å². The van der Waals surface area contributed by atoms with Crippen molar-refractivity contribution < 1.29 is 87.0 Å². The first-order valence-electron chi connectivity index (χ1n) is 1.68. The smallest absolute Gasteiger partial charge is 0.368 e. The number of rotatable bonds is 0. The summed E-state index contributed by atoms with van der Waals surface area (Å²) in [5.74, 6) is 0. The molecule has 0 fully saturated rings. The third kappa shape index (κ3) is 428. The summed E-state index contributed by atoms with van der Waals surface area (Å²) in [5.41, 5.74) is 0. The zero-order valence-corrected chi connectivity index (χ0v) is 11.1. The van der Waals surface area contributed by atoms with Gasteiger partial charge in [-0.2, -0.15) is 0 Å². The van der Waals surface area contributed by atoms with Crippen molar-refractivity contribution in [2.45, 2.75) is 0 Å². The Morgan fingerprint density at radius 1 is 0.917 bits per heavy atom. The molecule has 7 N–H and O–H groups in total. The van der Waals surface area contributed by atoms with Gasteiger partial charge in [0.05, 0.1) is 0 Å². The quantitative estimate of drug-likeness (QED) is 0.165. The molecule has 12 heavy (non-hydrogen) atoms. The largest absolute Gasteiger partial charge is 0.668 e. The van der Waals surface area contributed by atoms with Gasteiger partial charge in [-0.05, 0) is 0 Å². The van der Waals surface area contributed by atoms with Gasteiger partial charge in [-0.25, -0.2) is 4.57 Å². The molecule has 0 bridgehead atoms. The summed E-state index contributed by atoms with van der Waals surface area (Å²) in [4.78, 5) is 50.9. The predicted octanol–water partition coefficient (Wildman–Crippen LogP) is -3.54. The fourth-order valence-corrected chi connectivity index (χ4v) is 0. The zero-order chi connectivity index (χ0) is 9.00. The maximum atomic E-state index is 8.88. The van der Waals surface area contributed by atoms with E-state index in [1.807, 2.05) is 0 Å².